The molecule has 1 amide bonds. The Balaban J connectivity index is 1.67. The van der Waals surface area contributed by atoms with E-state index >= 15 is 0 Å². The van der Waals surface area contributed by atoms with Crippen LogP contribution in [0.1, 0.15) is 16.1 Å². The van der Waals surface area contributed by atoms with Crippen LogP contribution >= 0.6 is 11.3 Å². The van der Waals surface area contributed by atoms with Gasteiger partial charge in [0.15, 0.2) is 5.13 Å². The summed E-state index contributed by atoms with van der Waals surface area (Å²) in [4.78, 5) is 18.7. The van der Waals surface area contributed by atoms with E-state index in [1.807, 2.05) is 77.7 Å². The minimum atomic E-state index is -0.144. The highest BCUT2D eigenvalue weighted by Gasteiger charge is 2.09. The molecule has 3 rings (SSSR count). The number of aromatic nitrogens is 2. The lowest BCUT2D eigenvalue weighted by molar-refractivity contribution is 0.102. The summed E-state index contributed by atoms with van der Waals surface area (Å²) in [6.45, 7) is 0.762. The fourth-order valence-corrected chi connectivity index (χ4v) is 2.92. The molecule has 0 saturated carbocycles. The summed E-state index contributed by atoms with van der Waals surface area (Å²) in [6, 6.07) is 11.4. The van der Waals surface area contributed by atoms with Crippen molar-refractivity contribution in [2.45, 2.75) is 6.54 Å². The second-order valence-corrected chi connectivity index (χ2v) is 6.33. The second-order valence-electron chi connectivity index (χ2n) is 5.47. The van der Waals surface area contributed by atoms with Crippen LogP contribution in [0.4, 0.5) is 5.13 Å². The summed E-state index contributed by atoms with van der Waals surface area (Å²) in [5.41, 5.74) is 2.59. The third kappa shape index (κ3) is 3.85. The molecule has 0 saturated heterocycles. The molecule has 0 atom stereocenters. The maximum Gasteiger partial charge on any atom is 0.257 e. The predicted octanol–water partition coefficient (Wildman–Crippen LogP) is 3.25. The molecule has 0 aliphatic rings. The monoisotopic (exact) mass is 326 g/mol. The molecule has 0 bridgehead atoms. The first-order chi connectivity index (χ1) is 11.1. The summed E-state index contributed by atoms with van der Waals surface area (Å²) in [6.07, 6.45) is 3.94. The molecular weight excluding hydrogens is 308 g/mol. The van der Waals surface area contributed by atoms with E-state index in [2.05, 4.69) is 10.3 Å². The van der Waals surface area contributed by atoms with Crippen molar-refractivity contribution in [3.05, 3.63) is 65.4 Å². The highest BCUT2D eigenvalue weighted by molar-refractivity contribution is 7.13. The molecule has 5 nitrogen and oxygen atoms in total. The van der Waals surface area contributed by atoms with Gasteiger partial charge in [0.05, 0.1) is 5.69 Å². The van der Waals surface area contributed by atoms with Crippen molar-refractivity contribution in [2.24, 2.45) is 0 Å². The van der Waals surface area contributed by atoms with Gasteiger partial charge in [0.25, 0.3) is 5.91 Å². The fourth-order valence-electron chi connectivity index (χ4n) is 2.22. The van der Waals surface area contributed by atoms with E-state index in [-0.39, 0.29) is 5.91 Å². The third-order valence-electron chi connectivity index (χ3n) is 3.28. The molecular formula is C17H18N4OS. The van der Waals surface area contributed by atoms with Gasteiger partial charge in [-0.05, 0) is 50.5 Å². The second kappa shape index (κ2) is 6.76. The first kappa shape index (κ1) is 15.5. The number of thiazole rings is 1. The summed E-state index contributed by atoms with van der Waals surface area (Å²) < 4.78 is 2.00. The van der Waals surface area contributed by atoms with E-state index < -0.39 is 0 Å². The first-order valence-electron chi connectivity index (χ1n) is 7.26. The van der Waals surface area contributed by atoms with Crippen LogP contribution in [0.2, 0.25) is 0 Å². The van der Waals surface area contributed by atoms with E-state index in [9.17, 15) is 4.79 Å². The zero-order chi connectivity index (χ0) is 16.2. The van der Waals surface area contributed by atoms with Crippen LogP contribution in [-0.2, 0) is 6.54 Å². The number of amides is 1. The largest absolute Gasteiger partial charge is 0.324 e. The Hall–Kier alpha value is -2.44. The average Bonchev–Trinajstić information content (AvgIpc) is 3.19. The molecule has 0 unspecified atom stereocenters. The fraction of sp³-hybridized carbons (Fsp3) is 0.176. The van der Waals surface area contributed by atoms with Gasteiger partial charge in [-0.25, -0.2) is 4.98 Å². The van der Waals surface area contributed by atoms with Gasteiger partial charge in [0.1, 0.15) is 0 Å². The molecule has 0 fully saturated rings. The highest BCUT2D eigenvalue weighted by atomic mass is 32.1. The van der Waals surface area contributed by atoms with Crippen molar-refractivity contribution in [2.75, 3.05) is 19.4 Å². The number of anilines is 1. The normalized spacial score (nSPS) is 10.9. The Morgan fingerprint density at radius 3 is 2.57 bits per heavy atom. The number of nitrogens with one attached hydrogen (secondary N) is 1. The van der Waals surface area contributed by atoms with Crippen LogP contribution in [0.3, 0.4) is 0 Å². The van der Waals surface area contributed by atoms with Gasteiger partial charge in [-0.1, -0.05) is 0 Å². The van der Waals surface area contributed by atoms with Crippen molar-refractivity contribution in [1.29, 1.82) is 0 Å². The van der Waals surface area contributed by atoms with Crippen molar-refractivity contribution in [1.82, 2.24) is 14.5 Å². The van der Waals surface area contributed by atoms with Crippen LogP contribution in [-0.4, -0.2) is 34.5 Å². The molecule has 0 radical (unpaired) electrons. The Morgan fingerprint density at radius 1 is 1.22 bits per heavy atom. The topological polar surface area (TPSA) is 50.2 Å². The summed E-state index contributed by atoms with van der Waals surface area (Å²) >= 11 is 1.44. The Bertz CT molecular complexity index is 775. The van der Waals surface area contributed by atoms with E-state index in [0.29, 0.717) is 10.7 Å². The molecule has 6 heteroatoms. The summed E-state index contributed by atoms with van der Waals surface area (Å²) in [5, 5.41) is 5.44. The van der Waals surface area contributed by atoms with Crippen LogP contribution in [0.15, 0.2) is 54.2 Å². The van der Waals surface area contributed by atoms with E-state index in [1.165, 1.54) is 11.3 Å². The van der Waals surface area contributed by atoms with Crippen molar-refractivity contribution in [3.63, 3.8) is 0 Å². The third-order valence-corrected chi connectivity index (χ3v) is 4.09. The quantitative estimate of drug-likeness (QED) is 0.783. The van der Waals surface area contributed by atoms with Gasteiger partial charge >= 0.3 is 0 Å². The van der Waals surface area contributed by atoms with Gasteiger partial charge in [-0.3, -0.25) is 10.1 Å². The van der Waals surface area contributed by atoms with Crippen molar-refractivity contribution in [3.8, 4) is 5.69 Å². The molecule has 3 aromatic rings. The number of nitrogens with zero attached hydrogens (tertiary/aromatic N) is 3. The first-order valence-corrected chi connectivity index (χ1v) is 8.14. The number of benzene rings is 1. The lowest BCUT2D eigenvalue weighted by atomic mass is 10.2. The Labute approximate surface area is 139 Å². The minimum absolute atomic E-state index is 0.144. The molecule has 0 aliphatic heterocycles. The highest BCUT2D eigenvalue weighted by Crippen LogP contribution is 2.18. The van der Waals surface area contributed by atoms with E-state index in [1.54, 1.807) is 0 Å². The maximum absolute atomic E-state index is 12.3. The summed E-state index contributed by atoms with van der Waals surface area (Å²) in [5.74, 6) is -0.144. The molecule has 2 heterocycles. The molecule has 0 spiro atoms. The van der Waals surface area contributed by atoms with Gasteiger partial charge in [0.2, 0.25) is 0 Å². The maximum atomic E-state index is 12.3. The van der Waals surface area contributed by atoms with Crippen LogP contribution < -0.4 is 5.32 Å². The summed E-state index contributed by atoms with van der Waals surface area (Å²) in [7, 11) is 3.98. The average molecular weight is 326 g/mol. The van der Waals surface area contributed by atoms with Gasteiger partial charge in [-0.2, -0.15) is 0 Å². The van der Waals surface area contributed by atoms with E-state index in [4.69, 9.17) is 0 Å². The van der Waals surface area contributed by atoms with E-state index in [0.717, 1.165) is 17.9 Å². The number of rotatable bonds is 5. The van der Waals surface area contributed by atoms with Crippen molar-refractivity contribution >= 4 is 22.4 Å². The predicted molar refractivity (Wildman–Crippen MR) is 93.2 cm³/mol. The van der Waals surface area contributed by atoms with Crippen LogP contribution in [0.5, 0.6) is 0 Å². The van der Waals surface area contributed by atoms with Crippen LogP contribution in [0, 0.1) is 0 Å². The smallest absolute Gasteiger partial charge is 0.257 e. The number of carbonyl (C=O) groups is 1. The molecule has 118 valence electrons. The molecule has 2 aromatic heterocycles. The zero-order valence-electron chi connectivity index (χ0n) is 13.1. The molecule has 1 N–H and O–H groups in total. The standard InChI is InChI=1S/C17H18N4OS/c1-20(2)11-14-12-23-17(18-14)19-16(22)13-5-7-15(8-6-13)21-9-3-4-10-21/h3-10,12H,11H2,1-2H3,(H,18,19,22). The number of carbonyl (C=O) groups excluding carboxylic acids is 1. The van der Waals surface area contributed by atoms with Crippen molar-refractivity contribution < 1.29 is 4.79 Å². The minimum Gasteiger partial charge on any atom is -0.324 e. The molecule has 0 aliphatic carbocycles. The number of hydrogen-bond donors (Lipinski definition) is 1. The molecule has 1 aromatic carbocycles. The van der Waals surface area contributed by atoms with Gasteiger partial charge < -0.3 is 9.47 Å². The SMILES string of the molecule is CN(C)Cc1csc(NC(=O)c2ccc(-n3cccc3)cc2)n1. The Kier molecular flexibility index (Phi) is 4.55. The number of hydrogen-bond acceptors (Lipinski definition) is 4. The lowest BCUT2D eigenvalue weighted by Gasteiger charge is -2.06. The van der Waals surface area contributed by atoms with Crippen LogP contribution in [0.25, 0.3) is 5.69 Å². The van der Waals surface area contributed by atoms with Gasteiger partial charge in [-0.15, -0.1) is 11.3 Å². The van der Waals surface area contributed by atoms with Gasteiger partial charge in [0, 0.05) is 35.6 Å². The zero-order valence-corrected chi connectivity index (χ0v) is 13.9. The Morgan fingerprint density at radius 2 is 1.91 bits per heavy atom. The molecule has 23 heavy (non-hydrogen) atoms. The lowest BCUT2D eigenvalue weighted by Crippen LogP contribution is -2.13.